The van der Waals surface area contributed by atoms with Crippen LogP contribution in [0.15, 0.2) is 0 Å². The van der Waals surface area contributed by atoms with E-state index in [-0.39, 0.29) is 23.8 Å². The molecule has 0 aromatic heterocycles. The topological polar surface area (TPSA) is 87.5 Å². The van der Waals surface area contributed by atoms with Gasteiger partial charge in [0.1, 0.15) is 0 Å². The van der Waals surface area contributed by atoms with Crippen molar-refractivity contribution >= 4 is 11.8 Å². The monoisotopic (exact) mass is 284 g/mol. The van der Waals surface area contributed by atoms with Crippen LogP contribution in [0.2, 0.25) is 0 Å². The Bertz CT molecular complexity index is 314. The lowest BCUT2D eigenvalue weighted by atomic mass is 10.0. The smallest absolute Gasteiger partial charge is 0.234 e. The average Bonchev–Trinajstić information content (AvgIpc) is 2.46. The largest absolute Gasteiger partial charge is 0.355 e. The molecule has 6 heteroatoms. The minimum atomic E-state index is -0.132. The van der Waals surface area contributed by atoms with Gasteiger partial charge in [-0.3, -0.25) is 14.5 Å². The molecule has 0 aromatic rings. The minimum Gasteiger partial charge on any atom is -0.355 e. The Labute approximate surface area is 121 Å². The highest BCUT2D eigenvalue weighted by atomic mass is 16.2. The Morgan fingerprint density at radius 2 is 2.00 bits per heavy atom. The fraction of sp³-hybridized carbons (Fsp3) is 0.857. The average molecular weight is 284 g/mol. The molecule has 1 unspecified atom stereocenters. The Kier molecular flexibility index (Phi) is 7.54. The van der Waals surface area contributed by atoms with Crippen LogP contribution in [0, 0.1) is 5.92 Å². The molecule has 6 nitrogen and oxygen atoms in total. The zero-order valence-electron chi connectivity index (χ0n) is 12.7. The van der Waals surface area contributed by atoms with E-state index in [9.17, 15) is 9.59 Å². The molecule has 0 saturated carbocycles. The summed E-state index contributed by atoms with van der Waals surface area (Å²) in [5, 5.41) is 5.91. The quantitative estimate of drug-likeness (QED) is 0.598. The van der Waals surface area contributed by atoms with E-state index in [2.05, 4.69) is 15.5 Å². The number of amides is 2. The molecule has 0 aliphatic carbocycles. The summed E-state index contributed by atoms with van der Waals surface area (Å²) in [4.78, 5) is 25.5. The highest BCUT2D eigenvalue weighted by Crippen LogP contribution is 2.10. The highest BCUT2D eigenvalue weighted by molar-refractivity contribution is 5.79. The summed E-state index contributed by atoms with van der Waals surface area (Å²) in [5.41, 5.74) is 5.48. The van der Waals surface area contributed by atoms with E-state index in [4.69, 9.17) is 5.73 Å². The Hall–Kier alpha value is -1.14. The lowest BCUT2D eigenvalue weighted by Gasteiger charge is -2.32. The third kappa shape index (κ3) is 5.88. The van der Waals surface area contributed by atoms with Gasteiger partial charge in [-0.25, -0.2) is 0 Å². The third-order valence-corrected chi connectivity index (χ3v) is 3.67. The number of nitrogens with one attached hydrogen (secondary N) is 2. The fourth-order valence-electron chi connectivity index (χ4n) is 2.21. The molecule has 20 heavy (non-hydrogen) atoms. The third-order valence-electron chi connectivity index (χ3n) is 3.67. The number of piperidine rings is 1. The number of carbonyl (C=O) groups is 2. The normalized spacial score (nSPS) is 18.6. The van der Waals surface area contributed by atoms with Crippen LogP contribution in [0.3, 0.4) is 0 Å². The summed E-state index contributed by atoms with van der Waals surface area (Å²) in [7, 11) is 0. The standard InChI is InChI=1S/C14H28N4O2/c1-3-6-16-13(19)10-18-7-4-12(5-8-18)17-14(20)11(2)9-15/h11-12H,3-10,15H2,1-2H3,(H,16,19)(H,17,20). The molecule has 0 spiro atoms. The van der Waals surface area contributed by atoms with Crippen LogP contribution >= 0.6 is 0 Å². The molecule has 0 aromatic carbocycles. The molecule has 116 valence electrons. The number of nitrogens with zero attached hydrogens (tertiary/aromatic N) is 1. The van der Waals surface area contributed by atoms with Crippen LogP contribution in [0.4, 0.5) is 0 Å². The van der Waals surface area contributed by atoms with E-state index in [1.807, 2.05) is 13.8 Å². The van der Waals surface area contributed by atoms with Gasteiger partial charge in [-0.1, -0.05) is 13.8 Å². The molecular formula is C14H28N4O2. The van der Waals surface area contributed by atoms with Crippen molar-refractivity contribution in [3.05, 3.63) is 0 Å². The molecule has 1 fully saturated rings. The summed E-state index contributed by atoms with van der Waals surface area (Å²) >= 11 is 0. The summed E-state index contributed by atoms with van der Waals surface area (Å²) in [6, 6.07) is 0.214. The second kappa shape index (κ2) is 8.92. The van der Waals surface area contributed by atoms with E-state index < -0.39 is 0 Å². The first-order valence-corrected chi connectivity index (χ1v) is 7.56. The first-order chi connectivity index (χ1) is 9.56. The lowest BCUT2D eigenvalue weighted by Crippen LogP contribution is -2.48. The molecule has 1 atom stereocenters. The molecule has 1 aliphatic heterocycles. The van der Waals surface area contributed by atoms with Gasteiger partial charge >= 0.3 is 0 Å². The Morgan fingerprint density at radius 3 is 2.55 bits per heavy atom. The molecular weight excluding hydrogens is 256 g/mol. The number of carbonyl (C=O) groups excluding carboxylic acids is 2. The molecule has 0 bridgehead atoms. The van der Waals surface area contributed by atoms with Crippen LogP contribution in [-0.2, 0) is 9.59 Å². The number of hydrogen-bond donors (Lipinski definition) is 3. The molecule has 1 heterocycles. The van der Waals surface area contributed by atoms with Crippen LogP contribution in [0.5, 0.6) is 0 Å². The van der Waals surface area contributed by atoms with E-state index in [1.165, 1.54) is 0 Å². The minimum absolute atomic E-state index is 0.0339. The maximum Gasteiger partial charge on any atom is 0.234 e. The van der Waals surface area contributed by atoms with E-state index in [1.54, 1.807) is 0 Å². The highest BCUT2D eigenvalue weighted by Gasteiger charge is 2.23. The van der Waals surface area contributed by atoms with Crippen molar-refractivity contribution in [3.63, 3.8) is 0 Å². The number of hydrogen-bond acceptors (Lipinski definition) is 4. The molecule has 2 amide bonds. The van der Waals surface area contributed by atoms with Crippen LogP contribution < -0.4 is 16.4 Å². The van der Waals surface area contributed by atoms with Gasteiger partial charge in [0.15, 0.2) is 0 Å². The van der Waals surface area contributed by atoms with Crippen molar-refractivity contribution < 1.29 is 9.59 Å². The summed E-state index contributed by atoms with van der Waals surface area (Å²) in [5.74, 6) is -0.00872. The lowest BCUT2D eigenvalue weighted by molar-refractivity contribution is -0.126. The molecule has 0 radical (unpaired) electrons. The van der Waals surface area contributed by atoms with Gasteiger partial charge < -0.3 is 16.4 Å². The summed E-state index contributed by atoms with van der Waals surface area (Å²) in [6.07, 6.45) is 2.74. The Morgan fingerprint density at radius 1 is 1.35 bits per heavy atom. The van der Waals surface area contributed by atoms with E-state index in [0.29, 0.717) is 13.1 Å². The van der Waals surface area contributed by atoms with Crippen molar-refractivity contribution in [3.8, 4) is 0 Å². The zero-order chi connectivity index (χ0) is 15.0. The van der Waals surface area contributed by atoms with Crippen molar-refractivity contribution in [2.45, 2.75) is 39.2 Å². The van der Waals surface area contributed by atoms with Gasteiger partial charge in [-0.05, 0) is 19.3 Å². The first-order valence-electron chi connectivity index (χ1n) is 7.56. The van der Waals surface area contributed by atoms with Crippen LogP contribution in [0.25, 0.3) is 0 Å². The number of likely N-dealkylation sites (tertiary alicyclic amines) is 1. The predicted octanol–water partition coefficient (Wildman–Crippen LogP) is -0.312. The second-order valence-corrected chi connectivity index (χ2v) is 5.55. The number of rotatable bonds is 7. The van der Waals surface area contributed by atoms with E-state index in [0.717, 1.165) is 38.9 Å². The van der Waals surface area contributed by atoms with Gasteiger partial charge in [0, 0.05) is 38.1 Å². The summed E-state index contributed by atoms with van der Waals surface area (Å²) < 4.78 is 0. The predicted molar refractivity (Wildman–Crippen MR) is 79.1 cm³/mol. The van der Waals surface area contributed by atoms with Gasteiger partial charge in [-0.2, -0.15) is 0 Å². The molecule has 1 rings (SSSR count). The van der Waals surface area contributed by atoms with Crippen LogP contribution in [-0.4, -0.2) is 55.5 Å². The second-order valence-electron chi connectivity index (χ2n) is 5.55. The molecule has 1 saturated heterocycles. The number of nitrogens with two attached hydrogens (primary N) is 1. The SMILES string of the molecule is CCCNC(=O)CN1CCC(NC(=O)C(C)CN)CC1. The van der Waals surface area contributed by atoms with Gasteiger partial charge in [0.25, 0.3) is 0 Å². The molecule has 1 aliphatic rings. The first kappa shape index (κ1) is 16.9. The van der Waals surface area contributed by atoms with Gasteiger partial charge in [-0.15, -0.1) is 0 Å². The zero-order valence-corrected chi connectivity index (χ0v) is 12.7. The van der Waals surface area contributed by atoms with Crippen molar-refractivity contribution in [1.82, 2.24) is 15.5 Å². The van der Waals surface area contributed by atoms with Gasteiger partial charge in [0.05, 0.1) is 6.54 Å². The Balaban J connectivity index is 2.23. The maximum absolute atomic E-state index is 11.8. The summed E-state index contributed by atoms with van der Waals surface area (Å²) in [6.45, 7) is 7.15. The maximum atomic E-state index is 11.8. The van der Waals surface area contributed by atoms with Crippen molar-refractivity contribution in [2.24, 2.45) is 11.7 Å². The van der Waals surface area contributed by atoms with Crippen molar-refractivity contribution in [1.29, 1.82) is 0 Å². The van der Waals surface area contributed by atoms with Crippen LogP contribution in [0.1, 0.15) is 33.1 Å². The van der Waals surface area contributed by atoms with E-state index >= 15 is 0 Å². The fourth-order valence-corrected chi connectivity index (χ4v) is 2.21. The van der Waals surface area contributed by atoms with Crippen molar-refractivity contribution in [2.75, 3.05) is 32.7 Å². The van der Waals surface area contributed by atoms with Gasteiger partial charge in [0.2, 0.25) is 11.8 Å². The molecule has 4 N–H and O–H groups in total.